The molecule has 0 aliphatic carbocycles. The van der Waals surface area contributed by atoms with Crippen LogP contribution in [0.25, 0.3) is 22.2 Å². The number of rotatable bonds is 5. The Bertz CT molecular complexity index is 1110. The minimum absolute atomic E-state index is 0.133. The lowest BCUT2D eigenvalue weighted by atomic mass is 10.1. The lowest BCUT2D eigenvalue weighted by molar-refractivity contribution is -0.115. The summed E-state index contributed by atoms with van der Waals surface area (Å²) >= 11 is 1.53. The van der Waals surface area contributed by atoms with Gasteiger partial charge in [-0.15, -0.1) is 11.3 Å². The molecule has 0 radical (unpaired) electrons. The topological polar surface area (TPSA) is 67.0 Å². The highest BCUT2D eigenvalue weighted by Gasteiger charge is 2.15. The minimum Gasteiger partial charge on any atom is -0.494 e. The Morgan fingerprint density at radius 3 is 2.89 bits per heavy atom. The van der Waals surface area contributed by atoms with Gasteiger partial charge in [-0.25, -0.2) is 4.39 Å². The van der Waals surface area contributed by atoms with Crippen molar-refractivity contribution in [1.29, 1.82) is 0 Å². The average Bonchev–Trinajstić information content (AvgIpc) is 3.30. The van der Waals surface area contributed by atoms with E-state index in [4.69, 9.17) is 4.74 Å². The van der Waals surface area contributed by atoms with E-state index < -0.39 is 0 Å². The zero-order valence-electron chi connectivity index (χ0n) is 14.5. The van der Waals surface area contributed by atoms with Gasteiger partial charge in [-0.2, -0.15) is 5.10 Å². The SMILES string of the molecule is COc1cc2[nH]nc(-c3cccc(F)c3)c2cc1NC(=O)Cc1cccs1. The Hall–Kier alpha value is -3.19. The maximum Gasteiger partial charge on any atom is 0.229 e. The number of ether oxygens (including phenoxy) is 1. The Morgan fingerprint density at radius 1 is 1.26 bits per heavy atom. The Kier molecular flexibility index (Phi) is 4.60. The normalized spacial score (nSPS) is 10.9. The summed E-state index contributed by atoms with van der Waals surface area (Å²) < 4.78 is 19.0. The highest BCUT2D eigenvalue weighted by molar-refractivity contribution is 7.10. The molecule has 0 atom stereocenters. The molecule has 0 aliphatic heterocycles. The molecule has 0 fully saturated rings. The van der Waals surface area contributed by atoms with E-state index in [0.29, 0.717) is 29.1 Å². The first-order valence-electron chi connectivity index (χ1n) is 8.28. The van der Waals surface area contributed by atoms with Gasteiger partial charge in [0.1, 0.15) is 17.3 Å². The van der Waals surface area contributed by atoms with Crippen molar-refractivity contribution in [1.82, 2.24) is 10.2 Å². The van der Waals surface area contributed by atoms with E-state index in [9.17, 15) is 9.18 Å². The molecule has 0 saturated heterocycles. The van der Waals surface area contributed by atoms with Crippen LogP contribution in [0.2, 0.25) is 0 Å². The zero-order valence-corrected chi connectivity index (χ0v) is 15.3. The molecule has 0 spiro atoms. The molecule has 0 unspecified atom stereocenters. The van der Waals surface area contributed by atoms with Gasteiger partial charge < -0.3 is 10.1 Å². The second-order valence-electron chi connectivity index (χ2n) is 5.98. The number of nitrogens with zero attached hydrogens (tertiary/aromatic N) is 1. The molecule has 0 aliphatic rings. The molecule has 136 valence electrons. The van der Waals surface area contributed by atoms with Crippen molar-refractivity contribution in [2.24, 2.45) is 0 Å². The molecule has 27 heavy (non-hydrogen) atoms. The molecule has 2 heterocycles. The van der Waals surface area contributed by atoms with Gasteiger partial charge in [0, 0.05) is 21.9 Å². The van der Waals surface area contributed by atoms with Gasteiger partial charge in [0.05, 0.1) is 24.7 Å². The number of fused-ring (bicyclic) bond motifs is 1. The summed E-state index contributed by atoms with van der Waals surface area (Å²) in [6.07, 6.45) is 0.293. The number of aromatic nitrogens is 2. The largest absolute Gasteiger partial charge is 0.494 e. The molecule has 2 N–H and O–H groups in total. The van der Waals surface area contributed by atoms with Gasteiger partial charge in [0.25, 0.3) is 0 Å². The number of methoxy groups -OCH3 is 1. The average molecular weight is 381 g/mol. The number of benzene rings is 2. The fraction of sp³-hybridized carbons (Fsp3) is 0.100. The van der Waals surface area contributed by atoms with Crippen LogP contribution in [0.3, 0.4) is 0 Å². The highest BCUT2D eigenvalue weighted by Crippen LogP contribution is 2.34. The Balaban J connectivity index is 1.71. The molecule has 1 amide bonds. The molecule has 5 nitrogen and oxygen atoms in total. The predicted molar refractivity (Wildman–Crippen MR) is 105 cm³/mol. The number of hydrogen-bond donors (Lipinski definition) is 2. The van der Waals surface area contributed by atoms with Crippen LogP contribution in [0.1, 0.15) is 4.88 Å². The van der Waals surface area contributed by atoms with Gasteiger partial charge in [-0.05, 0) is 29.6 Å². The smallest absolute Gasteiger partial charge is 0.229 e. The summed E-state index contributed by atoms with van der Waals surface area (Å²) in [5, 5.41) is 12.8. The third-order valence-electron chi connectivity index (χ3n) is 4.17. The molecular weight excluding hydrogens is 365 g/mol. The molecule has 2 aromatic heterocycles. The van der Waals surface area contributed by atoms with E-state index in [2.05, 4.69) is 15.5 Å². The number of carbonyl (C=O) groups excluding carboxylic acids is 1. The highest BCUT2D eigenvalue weighted by atomic mass is 32.1. The maximum atomic E-state index is 13.6. The lowest BCUT2D eigenvalue weighted by Gasteiger charge is -2.10. The van der Waals surface area contributed by atoms with Gasteiger partial charge >= 0.3 is 0 Å². The van der Waals surface area contributed by atoms with Crippen molar-refractivity contribution in [3.63, 3.8) is 0 Å². The fourth-order valence-electron chi connectivity index (χ4n) is 2.93. The van der Waals surface area contributed by atoms with E-state index in [1.807, 2.05) is 17.5 Å². The van der Waals surface area contributed by atoms with E-state index in [1.165, 1.54) is 23.5 Å². The van der Waals surface area contributed by atoms with E-state index >= 15 is 0 Å². The van der Waals surface area contributed by atoms with Crippen LogP contribution in [0.5, 0.6) is 5.75 Å². The quantitative estimate of drug-likeness (QED) is 0.530. The number of nitrogens with one attached hydrogen (secondary N) is 2. The number of anilines is 1. The molecule has 0 bridgehead atoms. The Morgan fingerprint density at radius 2 is 2.15 bits per heavy atom. The molecule has 7 heteroatoms. The third kappa shape index (κ3) is 3.54. The standard InChI is InChI=1S/C20H16FN3O2S/c1-26-18-11-16-15(20(24-23-16)12-4-2-5-13(21)8-12)10-17(18)22-19(25)9-14-6-3-7-27-14/h2-8,10-11H,9H2,1H3,(H,22,25)(H,23,24). The molecule has 4 aromatic rings. The first-order valence-corrected chi connectivity index (χ1v) is 9.16. The third-order valence-corrected chi connectivity index (χ3v) is 5.05. The van der Waals surface area contributed by atoms with Crippen LogP contribution >= 0.6 is 11.3 Å². The van der Waals surface area contributed by atoms with Crippen LogP contribution in [0, 0.1) is 5.82 Å². The summed E-state index contributed by atoms with van der Waals surface area (Å²) in [6, 6.07) is 13.6. The Labute approximate surface area is 158 Å². The van der Waals surface area contributed by atoms with Crippen molar-refractivity contribution >= 4 is 33.8 Å². The summed E-state index contributed by atoms with van der Waals surface area (Å²) in [4.78, 5) is 13.4. The molecular formula is C20H16FN3O2S. The zero-order chi connectivity index (χ0) is 18.8. The van der Waals surface area contributed by atoms with Crippen LogP contribution in [0.4, 0.5) is 10.1 Å². The van der Waals surface area contributed by atoms with Crippen molar-refractivity contribution in [3.05, 3.63) is 64.6 Å². The van der Waals surface area contributed by atoms with Gasteiger partial charge in [0.2, 0.25) is 5.91 Å². The van der Waals surface area contributed by atoms with E-state index in [1.54, 1.807) is 31.4 Å². The van der Waals surface area contributed by atoms with Crippen LogP contribution in [0.15, 0.2) is 53.9 Å². The second kappa shape index (κ2) is 7.20. The van der Waals surface area contributed by atoms with Crippen LogP contribution < -0.4 is 10.1 Å². The lowest BCUT2D eigenvalue weighted by Crippen LogP contribution is -2.14. The number of halogens is 1. The summed E-state index contributed by atoms with van der Waals surface area (Å²) in [6.45, 7) is 0. The van der Waals surface area contributed by atoms with Crippen molar-refractivity contribution < 1.29 is 13.9 Å². The van der Waals surface area contributed by atoms with Crippen molar-refractivity contribution in [2.75, 3.05) is 12.4 Å². The summed E-state index contributed by atoms with van der Waals surface area (Å²) in [5.74, 6) is 0.0593. The van der Waals surface area contributed by atoms with Gasteiger partial charge in [0.15, 0.2) is 0 Å². The minimum atomic E-state index is -0.332. The van der Waals surface area contributed by atoms with Crippen molar-refractivity contribution in [2.45, 2.75) is 6.42 Å². The van der Waals surface area contributed by atoms with Crippen LogP contribution in [-0.4, -0.2) is 23.2 Å². The number of H-pyrrole nitrogens is 1. The number of aromatic amines is 1. The number of hydrogen-bond acceptors (Lipinski definition) is 4. The van der Waals surface area contributed by atoms with E-state index in [-0.39, 0.29) is 11.7 Å². The number of carbonyl (C=O) groups is 1. The summed E-state index contributed by atoms with van der Waals surface area (Å²) in [5.41, 5.74) is 2.55. The van der Waals surface area contributed by atoms with Gasteiger partial charge in [-0.3, -0.25) is 9.89 Å². The van der Waals surface area contributed by atoms with Crippen molar-refractivity contribution in [3.8, 4) is 17.0 Å². The summed E-state index contributed by atoms with van der Waals surface area (Å²) in [7, 11) is 1.54. The first-order chi connectivity index (χ1) is 13.1. The van der Waals surface area contributed by atoms with E-state index in [0.717, 1.165) is 15.8 Å². The van der Waals surface area contributed by atoms with Crippen LogP contribution in [-0.2, 0) is 11.2 Å². The first kappa shape index (κ1) is 17.2. The fourth-order valence-corrected chi connectivity index (χ4v) is 3.64. The molecule has 0 saturated carbocycles. The molecule has 4 rings (SSSR count). The number of amides is 1. The number of thiophene rings is 1. The van der Waals surface area contributed by atoms with Gasteiger partial charge in [-0.1, -0.05) is 18.2 Å². The monoisotopic (exact) mass is 381 g/mol. The molecule has 2 aromatic carbocycles. The maximum absolute atomic E-state index is 13.6. The predicted octanol–water partition coefficient (Wildman–Crippen LogP) is 4.62. The second-order valence-corrected chi connectivity index (χ2v) is 7.02.